The van der Waals surface area contributed by atoms with Crippen LogP contribution in [-0.2, 0) is 0 Å². The molecule has 1 aliphatic heterocycles. The highest BCUT2D eigenvalue weighted by Gasteiger charge is 2.37. The van der Waals surface area contributed by atoms with Gasteiger partial charge >= 0.3 is 0 Å². The molecule has 1 saturated carbocycles. The van der Waals surface area contributed by atoms with Crippen LogP contribution in [0.4, 0.5) is 0 Å². The molecule has 248 valence electrons. The van der Waals surface area contributed by atoms with Crippen LogP contribution in [0, 0.1) is 0 Å². The molecule has 0 radical (unpaired) electrons. The lowest BCUT2D eigenvalue weighted by molar-refractivity contribution is 0.723. The van der Waals surface area contributed by atoms with Gasteiger partial charge in [0.2, 0.25) is 0 Å². The van der Waals surface area contributed by atoms with E-state index in [9.17, 15) is 1.37 Å². The first-order chi connectivity index (χ1) is 25.4. The van der Waals surface area contributed by atoms with Gasteiger partial charge in [-0.1, -0.05) is 153 Å². The van der Waals surface area contributed by atoms with E-state index < -0.39 is 14.0 Å². The Balaban J connectivity index is 1.31. The first-order valence-corrected chi connectivity index (χ1v) is 21.7. The van der Waals surface area contributed by atoms with E-state index in [-0.39, 0.29) is 0 Å². The predicted molar refractivity (Wildman–Crippen MR) is 216 cm³/mol. The van der Waals surface area contributed by atoms with Crippen molar-refractivity contribution in [2.24, 2.45) is 0 Å². The predicted octanol–water partition coefficient (Wildman–Crippen LogP) is 11.2. The zero-order valence-electron chi connectivity index (χ0n) is 29.9. The van der Waals surface area contributed by atoms with Gasteiger partial charge in [-0.3, -0.25) is 0 Å². The number of hydrogen-bond acceptors (Lipinski definition) is 4. The standard InChI is InChI=1S/C46H39N3SSi/c1-51(2)40-23-12-11-22-39(40)50-45-41(51)27-26-36(31-14-9-10-15-31)44(45)35-21-13-20-34(28-35)37-24-25-38(46-48-29-47-30-49-46)43(33-18-7-4-8-19-33)42(37)32-16-5-3-6-17-32/h3-8,11-13,16-31H,9-10,14-15H2,1-2H3/i31D. The molecule has 2 heterocycles. The fourth-order valence-corrected chi connectivity index (χ4v) is 13.8. The van der Waals surface area contributed by atoms with Gasteiger partial charge in [-0.05, 0) is 91.8 Å². The molecule has 6 aromatic carbocycles. The van der Waals surface area contributed by atoms with Crippen LogP contribution in [0.5, 0.6) is 0 Å². The summed E-state index contributed by atoms with van der Waals surface area (Å²) >= 11 is 1.91. The van der Waals surface area contributed by atoms with E-state index in [0.717, 1.165) is 64.6 Å². The number of benzene rings is 6. The molecule has 0 atom stereocenters. The number of nitrogens with zero attached hydrogens (tertiary/aromatic N) is 3. The van der Waals surface area contributed by atoms with Crippen molar-refractivity contribution in [2.75, 3.05) is 0 Å². The maximum atomic E-state index is 9.85. The number of hydrogen-bond donors (Lipinski definition) is 0. The van der Waals surface area contributed by atoms with Gasteiger partial charge in [0.15, 0.2) is 5.82 Å². The van der Waals surface area contributed by atoms with Crippen LogP contribution in [0.25, 0.3) is 55.9 Å². The third-order valence-electron chi connectivity index (χ3n) is 10.7. The molecule has 9 rings (SSSR count). The van der Waals surface area contributed by atoms with Crippen molar-refractivity contribution in [3.05, 3.63) is 152 Å². The smallest absolute Gasteiger partial charge is 0.163 e. The van der Waals surface area contributed by atoms with Gasteiger partial charge in [0.25, 0.3) is 0 Å². The van der Waals surface area contributed by atoms with Crippen molar-refractivity contribution >= 4 is 30.2 Å². The number of aromatic nitrogens is 3. The Bertz CT molecular complexity index is 2430. The molecule has 1 fully saturated rings. The fourth-order valence-electron chi connectivity index (χ4n) is 8.22. The third kappa shape index (κ3) is 5.65. The van der Waals surface area contributed by atoms with Gasteiger partial charge in [0, 0.05) is 22.3 Å². The summed E-state index contributed by atoms with van der Waals surface area (Å²) in [5.41, 5.74) is 11.3. The lowest BCUT2D eigenvalue weighted by Gasteiger charge is -2.35. The monoisotopic (exact) mass is 694 g/mol. The van der Waals surface area contributed by atoms with Gasteiger partial charge in [0.1, 0.15) is 20.7 Å². The summed E-state index contributed by atoms with van der Waals surface area (Å²) in [6, 6.07) is 48.5. The molecule has 3 nitrogen and oxygen atoms in total. The lowest BCUT2D eigenvalue weighted by Crippen LogP contribution is -2.56. The zero-order valence-corrected chi connectivity index (χ0v) is 30.8. The Hall–Kier alpha value is -5.10. The van der Waals surface area contributed by atoms with E-state index in [0.29, 0.717) is 5.82 Å². The van der Waals surface area contributed by atoms with Crippen molar-refractivity contribution < 1.29 is 1.37 Å². The lowest BCUT2D eigenvalue weighted by atomic mass is 9.83. The molecule has 1 aromatic heterocycles. The zero-order chi connectivity index (χ0) is 35.3. The number of fused-ring (bicyclic) bond motifs is 2. The van der Waals surface area contributed by atoms with Crippen molar-refractivity contribution in [1.82, 2.24) is 15.0 Å². The summed E-state index contributed by atoms with van der Waals surface area (Å²) in [7, 11) is -2.00. The van der Waals surface area contributed by atoms with Gasteiger partial charge < -0.3 is 0 Å². The van der Waals surface area contributed by atoms with E-state index in [1.54, 1.807) is 12.7 Å². The molecule has 51 heavy (non-hydrogen) atoms. The summed E-state index contributed by atoms with van der Waals surface area (Å²) in [4.78, 5) is 16.0. The van der Waals surface area contributed by atoms with Crippen LogP contribution in [0.1, 0.15) is 38.5 Å². The summed E-state index contributed by atoms with van der Waals surface area (Å²) in [5, 5.41) is 2.97. The summed E-state index contributed by atoms with van der Waals surface area (Å²) in [6.45, 7) is 4.98. The van der Waals surface area contributed by atoms with Crippen molar-refractivity contribution in [2.45, 2.75) is 54.5 Å². The highest BCUT2D eigenvalue weighted by atomic mass is 32.2. The average Bonchev–Trinajstić information content (AvgIpc) is 3.65. The van der Waals surface area contributed by atoms with Gasteiger partial charge in [-0.2, -0.15) is 0 Å². The van der Waals surface area contributed by atoms with Crippen molar-refractivity contribution in [1.29, 1.82) is 0 Å². The molecule has 0 bridgehead atoms. The SMILES string of the molecule is [2H]C1(c2ccc3c(c2-c2cccc(-c4ccc(-c5ncncn5)c(-c5ccccc5)c4-c4ccccc4)c2)Sc2ccccc2[Si]3(C)C)CCCC1. The average molecular weight is 695 g/mol. The maximum absolute atomic E-state index is 9.85. The first kappa shape index (κ1) is 30.7. The number of rotatable bonds is 6. The second-order valence-corrected chi connectivity index (χ2v) is 19.5. The quantitative estimate of drug-likeness (QED) is 0.162. The Morgan fingerprint density at radius 2 is 1.20 bits per heavy atom. The van der Waals surface area contributed by atoms with E-state index in [1.165, 1.54) is 36.9 Å². The first-order valence-electron chi connectivity index (χ1n) is 18.4. The molecule has 1 aliphatic carbocycles. The van der Waals surface area contributed by atoms with Gasteiger partial charge in [-0.15, -0.1) is 0 Å². The highest BCUT2D eigenvalue weighted by molar-refractivity contribution is 8.00. The molecule has 0 N–H and O–H groups in total. The summed E-state index contributed by atoms with van der Waals surface area (Å²) < 4.78 is 9.85. The highest BCUT2D eigenvalue weighted by Crippen LogP contribution is 2.49. The topological polar surface area (TPSA) is 38.7 Å². The normalized spacial score (nSPS) is 15.8. The fraction of sp³-hybridized carbons (Fsp3) is 0.152. The van der Waals surface area contributed by atoms with Crippen LogP contribution < -0.4 is 10.4 Å². The molecule has 0 amide bonds. The van der Waals surface area contributed by atoms with Crippen molar-refractivity contribution in [3.8, 4) is 55.9 Å². The molecule has 0 unspecified atom stereocenters. The molecule has 2 aliphatic rings. The summed E-state index contributed by atoms with van der Waals surface area (Å²) in [5.74, 6) is 0.0548. The molecule has 0 spiro atoms. The maximum Gasteiger partial charge on any atom is 0.163 e. The van der Waals surface area contributed by atoms with Crippen molar-refractivity contribution in [3.63, 3.8) is 0 Å². The van der Waals surface area contributed by atoms with Crippen LogP contribution in [-0.4, -0.2) is 23.0 Å². The van der Waals surface area contributed by atoms with Crippen LogP contribution in [0.2, 0.25) is 13.1 Å². The molecular weight excluding hydrogens is 655 g/mol. The molecule has 0 saturated heterocycles. The van der Waals surface area contributed by atoms with Gasteiger partial charge in [-0.25, -0.2) is 15.0 Å². The van der Waals surface area contributed by atoms with Crippen LogP contribution >= 0.6 is 11.8 Å². The Kier molecular flexibility index (Phi) is 7.96. The van der Waals surface area contributed by atoms with Crippen LogP contribution in [0.15, 0.2) is 156 Å². The second-order valence-electron chi connectivity index (χ2n) is 14.1. The van der Waals surface area contributed by atoms with E-state index >= 15 is 0 Å². The second kappa shape index (κ2) is 13.2. The molecule has 7 aromatic rings. The summed E-state index contributed by atoms with van der Waals surface area (Å²) in [6.07, 6.45) is 7.14. The minimum Gasteiger partial charge on any atom is -0.225 e. The molecule has 5 heteroatoms. The minimum absolute atomic E-state index is 0.592. The Morgan fingerprint density at radius 1 is 0.588 bits per heavy atom. The van der Waals surface area contributed by atoms with E-state index in [4.69, 9.17) is 0 Å². The minimum atomic E-state index is -2.00. The Labute approximate surface area is 307 Å². The third-order valence-corrected chi connectivity index (χ3v) is 15.8. The van der Waals surface area contributed by atoms with E-state index in [2.05, 4.69) is 162 Å². The van der Waals surface area contributed by atoms with Crippen LogP contribution in [0.3, 0.4) is 0 Å². The Morgan fingerprint density at radius 3 is 1.92 bits per heavy atom. The molecular formula is C46H39N3SSi. The van der Waals surface area contributed by atoms with E-state index in [1.807, 2.05) is 11.8 Å². The largest absolute Gasteiger partial charge is 0.225 e. The van der Waals surface area contributed by atoms with Gasteiger partial charge in [0.05, 0.1) is 0 Å².